The Balaban J connectivity index is 5.55. The molecule has 0 rings (SSSR count). The van der Waals surface area contributed by atoms with Crippen molar-refractivity contribution < 1.29 is 38.7 Å². The van der Waals surface area contributed by atoms with Gasteiger partial charge in [0.25, 0.3) is 0 Å². The summed E-state index contributed by atoms with van der Waals surface area (Å²) in [6.07, 6.45) is -1.61. The first-order chi connectivity index (χ1) is 17.6. The summed E-state index contributed by atoms with van der Waals surface area (Å²) in [6.45, 7) is 0.0895. The van der Waals surface area contributed by atoms with Crippen LogP contribution in [0.1, 0.15) is 44.9 Å². The Morgan fingerprint density at radius 2 is 1.16 bits per heavy atom. The number of carboxylic acid groups (broad SMARTS) is 1. The van der Waals surface area contributed by atoms with Crippen LogP contribution in [0.15, 0.2) is 4.99 Å². The number of nitrogens with one attached hydrogen (secondary N) is 3. The van der Waals surface area contributed by atoms with E-state index in [9.17, 15) is 38.7 Å². The molecule has 0 radical (unpaired) electrons. The quantitative estimate of drug-likeness (QED) is 0.0414. The van der Waals surface area contributed by atoms with Crippen molar-refractivity contribution in [2.24, 2.45) is 39.4 Å². The first-order valence-electron chi connectivity index (χ1n) is 11.4. The van der Waals surface area contributed by atoms with Gasteiger partial charge in [0.2, 0.25) is 35.4 Å². The molecule has 0 saturated carbocycles. The summed E-state index contributed by atoms with van der Waals surface area (Å²) < 4.78 is 0. The zero-order valence-electron chi connectivity index (χ0n) is 20.7. The normalized spacial score (nSPS) is 13.6. The van der Waals surface area contributed by atoms with Gasteiger partial charge in [-0.3, -0.25) is 33.8 Å². The maximum Gasteiger partial charge on any atom is 0.326 e. The fourth-order valence-electron chi connectivity index (χ4n) is 2.98. The largest absolute Gasteiger partial charge is 0.480 e. The molecule has 0 spiro atoms. The van der Waals surface area contributed by atoms with Crippen molar-refractivity contribution in [2.75, 3.05) is 6.54 Å². The van der Waals surface area contributed by atoms with Crippen LogP contribution in [0.4, 0.5) is 0 Å². The smallest absolute Gasteiger partial charge is 0.326 e. The molecule has 0 bridgehead atoms. The molecule has 0 saturated heterocycles. The molecule has 0 aromatic rings. The number of aliphatic imine (C=N–C) groups is 1. The lowest BCUT2D eigenvalue weighted by atomic mass is 10.1. The van der Waals surface area contributed by atoms with Crippen molar-refractivity contribution in [3.63, 3.8) is 0 Å². The molecular formula is C20H36N10O8. The van der Waals surface area contributed by atoms with Gasteiger partial charge < -0.3 is 55.5 Å². The van der Waals surface area contributed by atoms with E-state index in [1.54, 1.807) is 0 Å². The Labute approximate surface area is 217 Å². The van der Waals surface area contributed by atoms with E-state index in [1.807, 2.05) is 0 Å². The number of carbonyl (C=O) groups excluding carboxylic acids is 6. The molecule has 214 valence electrons. The number of primary amides is 3. The van der Waals surface area contributed by atoms with E-state index < -0.39 is 72.0 Å². The van der Waals surface area contributed by atoms with Crippen molar-refractivity contribution in [3.05, 3.63) is 0 Å². The van der Waals surface area contributed by atoms with Crippen LogP contribution in [-0.4, -0.2) is 83.2 Å². The summed E-state index contributed by atoms with van der Waals surface area (Å²) in [5.41, 5.74) is 31.4. The monoisotopic (exact) mass is 544 g/mol. The second kappa shape index (κ2) is 17.1. The molecule has 38 heavy (non-hydrogen) atoms. The van der Waals surface area contributed by atoms with E-state index in [-0.39, 0.29) is 51.0 Å². The van der Waals surface area contributed by atoms with Gasteiger partial charge in [0.05, 0.1) is 12.5 Å². The molecule has 0 aliphatic carbocycles. The van der Waals surface area contributed by atoms with Gasteiger partial charge in [0.1, 0.15) is 18.1 Å². The Hall–Kier alpha value is -4.48. The highest BCUT2D eigenvalue weighted by molar-refractivity contribution is 5.96. The van der Waals surface area contributed by atoms with Crippen molar-refractivity contribution in [3.8, 4) is 0 Å². The maximum absolute atomic E-state index is 12.9. The van der Waals surface area contributed by atoms with Crippen LogP contribution >= 0.6 is 0 Å². The second-order valence-corrected chi connectivity index (χ2v) is 8.26. The van der Waals surface area contributed by atoms with Gasteiger partial charge in [-0.1, -0.05) is 0 Å². The minimum atomic E-state index is -1.63. The van der Waals surface area contributed by atoms with Gasteiger partial charge in [-0.15, -0.1) is 0 Å². The second-order valence-electron chi connectivity index (χ2n) is 8.26. The number of hydrogen-bond donors (Lipinski definition) is 10. The van der Waals surface area contributed by atoms with Crippen LogP contribution < -0.4 is 50.4 Å². The third-order valence-corrected chi connectivity index (χ3v) is 4.95. The van der Waals surface area contributed by atoms with Crippen LogP contribution in [-0.2, 0) is 33.6 Å². The molecule has 6 amide bonds. The standard InChI is InChI=1S/C20H36N10O8/c21-9(3-5-13(22)31)16(34)28-10(4-6-14(23)32)17(35)30-12(8-15(24)33)18(36)29-11(19(37)38)2-1-7-27-20(25)26/h9-12H,1-8,21H2,(H2,22,31)(H2,23,32)(H2,24,33)(H,28,34)(H,29,36)(H,30,35)(H,37,38)(H4,25,26,27). The van der Waals surface area contributed by atoms with Gasteiger partial charge in [-0.05, 0) is 25.7 Å². The summed E-state index contributed by atoms with van der Waals surface area (Å²) in [6, 6.07) is -5.72. The third kappa shape index (κ3) is 14.8. The molecule has 0 aromatic carbocycles. The number of aliphatic carboxylic acids is 1. The topological polar surface area (TPSA) is 344 Å². The summed E-state index contributed by atoms with van der Waals surface area (Å²) in [4.78, 5) is 86.9. The van der Waals surface area contributed by atoms with Gasteiger partial charge in [0, 0.05) is 19.4 Å². The molecule has 0 aliphatic heterocycles. The van der Waals surface area contributed by atoms with Gasteiger partial charge in [0.15, 0.2) is 5.96 Å². The number of amides is 6. The van der Waals surface area contributed by atoms with Crippen LogP contribution in [0.2, 0.25) is 0 Å². The van der Waals surface area contributed by atoms with Crippen molar-refractivity contribution in [2.45, 2.75) is 69.1 Å². The Bertz CT molecular complexity index is 921. The third-order valence-electron chi connectivity index (χ3n) is 4.95. The number of guanidine groups is 1. The summed E-state index contributed by atoms with van der Waals surface area (Å²) >= 11 is 0. The van der Waals surface area contributed by atoms with Crippen LogP contribution in [0, 0.1) is 0 Å². The summed E-state index contributed by atoms with van der Waals surface area (Å²) in [5, 5.41) is 16.1. The fourth-order valence-corrected chi connectivity index (χ4v) is 2.98. The predicted octanol–water partition coefficient (Wildman–Crippen LogP) is -5.69. The highest BCUT2D eigenvalue weighted by Gasteiger charge is 2.31. The molecule has 4 unspecified atom stereocenters. The molecule has 16 N–H and O–H groups in total. The van der Waals surface area contributed by atoms with E-state index in [0.717, 1.165) is 0 Å². The average molecular weight is 545 g/mol. The Morgan fingerprint density at radius 3 is 1.66 bits per heavy atom. The zero-order chi connectivity index (χ0) is 29.4. The van der Waals surface area contributed by atoms with E-state index in [1.165, 1.54) is 0 Å². The molecule has 4 atom stereocenters. The molecular weight excluding hydrogens is 508 g/mol. The lowest BCUT2D eigenvalue weighted by Gasteiger charge is -2.24. The fraction of sp³-hybridized carbons (Fsp3) is 0.600. The number of carboxylic acids is 1. The average Bonchev–Trinajstić information content (AvgIpc) is 2.80. The van der Waals surface area contributed by atoms with E-state index in [4.69, 9.17) is 34.4 Å². The van der Waals surface area contributed by atoms with Crippen LogP contribution in [0.5, 0.6) is 0 Å². The lowest BCUT2D eigenvalue weighted by Crippen LogP contribution is -2.57. The zero-order valence-corrected chi connectivity index (χ0v) is 20.7. The van der Waals surface area contributed by atoms with Gasteiger partial charge in [-0.2, -0.15) is 0 Å². The number of carbonyl (C=O) groups is 7. The van der Waals surface area contributed by atoms with Gasteiger partial charge >= 0.3 is 5.97 Å². The first kappa shape index (κ1) is 33.5. The lowest BCUT2D eigenvalue weighted by molar-refractivity contribution is -0.142. The van der Waals surface area contributed by atoms with E-state index in [2.05, 4.69) is 20.9 Å². The number of hydrogen-bond acceptors (Lipinski definition) is 9. The summed E-state index contributed by atoms with van der Waals surface area (Å²) in [5.74, 6) is -7.03. The highest BCUT2D eigenvalue weighted by Crippen LogP contribution is 2.05. The maximum atomic E-state index is 12.9. The van der Waals surface area contributed by atoms with Crippen LogP contribution in [0.3, 0.4) is 0 Å². The minimum absolute atomic E-state index is 0.0877. The molecule has 18 heteroatoms. The van der Waals surface area contributed by atoms with Crippen molar-refractivity contribution in [1.82, 2.24) is 16.0 Å². The summed E-state index contributed by atoms with van der Waals surface area (Å²) in [7, 11) is 0. The number of nitrogens with zero attached hydrogens (tertiary/aromatic N) is 1. The minimum Gasteiger partial charge on any atom is -0.480 e. The molecule has 0 fully saturated rings. The molecule has 0 heterocycles. The SMILES string of the molecule is NC(=O)CCC(N)C(=O)NC(CCC(N)=O)C(=O)NC(CC(N)=O)C(=O)NC(CCCN=C(N)N)C(=O)O. The van der Waals surface area contributed by atoms with E-state index in [0.29, 0.717) is 0 Å². The van der Waals surface area contributed by atoms with Crippen molar-refractivity contribution >= 4 is 47.4 Å². The Morgan fingerprint density at radius 1 is 0.658 bits per heavy atom. The predicted molar refractivity (Wildman–Crippen MR) is 132 cm³/mol. The van der Waals surface area contributed by atoms with Crippen LogP contribution in [0.25, 0.3) is 0 Å². The van der Waals surface area contributed by atoms with Crippen molar-refractivity contribution in [1.29, 1.82) is 0 Å². The highest BCUT2D eigenvalue weighted by atomic mass is 16.4. The molecule has 0 aromatic heterocycles. The first-order valence-corrected chi connectivity index (χ1v) is 11.4. The molecule has 18 nitrogen and oxygen atoms in total. The van der Waals surface area contributed by atoms with E-state index >= 15 is 0 Å². The molecule has 0 aliphatic rings. The number of nitrogens with two attached hydrogens (primary N) is 6. The van der Waals surface area contributed by atoms with Gasteiger partial charge in [-0.25, -0.2) is 4.79 Å². The Kier molecular flexibility index (Phi) is 15.0. The number of rotatable bonds is 19.